The SMILES string of the molecule is O=C1/C(=C/c2ccccc2OC(F)F)SC(=S)N1c1ccccc1. The van der Waals surface area contributed by atoms with Gasteiger partial charge in [0.15, 0.2) is 4.32 Å². The second-order valence-corrected chi connectivity index (χ2v) is 6.44. The van der Waals surface area contributed by atoms with Crippen molar-refractivity contribution < 1.29 is 18.3 Å². The normalized spacial score (nSPS) is 16.3. The topological polar surface area (TPSA) is 29.5 Å². The van der Waals surface area contributed by atoms with Gasteiger partial charge >= 0.3 is 6.61 Å². The largest absolute Gasteiger partial charge is 0.434 e. The van der Waals surface area contributed by atoms with Crippen LogP contribution in [-0.2, 0) is 4.79 Å². The van der Waals surface area contributed by atoms with E-state index in [0.29, 0.717) is 20.5 Å². The summed E-state index contributed by atoms with van der Waals surface area (Å²) in [6, 6.07) is 15.3. The van der Waals surface area contributed by atoms with Gasteiger partial charge < -0.3 is 4.74 Å². The number of para-hydroxylation sites is 2. The summed E-state index contributed by atoms with van der Waals surface area (Å²) in [6.45, 7) is -2.93. The molecule has 3 nitrogen and oxygen atoms in total. The Morgan fingerprint density at radius 1 is 1.08 bits per heavy atom. The fraction of sp³-hybridized carbons (Fsp3) is 0.0588. The number of anilines is 1. The van der Waals surface area contributed by atoms with Crippen molar-refractivity contribution >= 4 is 46.0 Å². The highest BCUT2D eigenvalue weighted by atomic mass is 32.2. The van der Waals surface area contributed by atoms with Crippen molar-refractivity contribution in [2.24, 2.45) is 0 Å². The van der Waals surface area contributed by atoms with E-state index in [9.17, 15) is 13.6 Å². The number of thiocarbonyl (C=S) groups is 1. The molecule has 1 amide bonds. The van der Waals surface area contributed by atoms with Gasteiger partial charge in [0.2, 0.25) is 0 Å². The number of benzene rings is 2. The zero-order valence-electron chi connectivity index (χ0n) is 12.2. The highest BCUT2D eigenvalue weighted by molar-refractivity contribution is 8.27. The molecule has 0 spiro atoms. The summed E-state index contributed by atoms with van der Waals surface area (Å²) in [6.07, 6.45) is 1.51. The molecule has 1 saturated heterocycles. The minimum atomic E-state index is -2.93. The number of nitrogens with zero attached hydrogens (tertiary/aromatic N) is 1. The minimum Gasteiger partial charge on any atom is -0.434 e. The first-order valence-corrected chi connectivity index (χ1v) is 8.15. The maximum atomic E-state index is 12.6. The zero-order chi connectivity index (χ0) is 17.1. The maximum Gasteiger partial charge on any atom is 0.387 e. The third kappa shape index (κ3) is 3.47. The highest BCUT2D eigenvalue weighted by Crippen LogP contribution is 2.37. The van der Waals surface area contributed by atoms with Crippen molar-refractivity contribution in [2.45, 2.75) is 6.61 Å². The second-order valence-electron chi connectivity index (χ2n) is 4.77. The Hall–Kier alpha value is -2.25. The molecule has 0 aromatic heterocycles. The minimum absolute atomic E-state index is 0.0116. The number of thioether (sulfide) groups is 1. The summed E-state index contributed by atoms with van der Waals surface area (Å²) >= 11 is 6.40. The lowest BCUT2D eigenvalue weighted by atomic mass is 10.2. The number of alkyl halides is 2. The number of amides is 1. The van der Waals surface area contributed by atoms with E-state index < -0.39 is 6.61 Å². The summed E-state index contributed by atoms with van der Waals surface area (Å²) in [5, 5.41) is 0. The summed E-state index contributed by atoms with van der Waals surface area (Å²) in [7, 11) is 0. The Labute approximate surface area is 146 Å². The molecule has 2 aromatic rings. The van der Waals surface area contributed by atoms with E-state index >= 15 is 0 Å². The lowest BCUT2D eigenvalue weighted by molar-refractivity contribution is -0.113. The van der Waals surface area contributed by atoms with Crippen molar-refractivity contribution in [2.75, 3.05) is 4.90 Å². The molecule has 3 rings (SSSR count). The van der Waals surface area contributed by atoms with Crippen molar-refractivity contribution in [3.8, 4) is 5.75 Å². The van der Waals surface area contributed by atoms with Gasteiger partial charge in [-0.1, -0.05) is 60.4 Å². The summed E-state index contributed by atoms with van der Waals surface area (Å²) in [5.74, 6) is -0.277. The number of rotatable bonds is 4. The van der Waals surface area contributed by atoms with Gasteiger partial charge in [-0.3, -0.25) is 9.69 Å². The van der Waals surface area contributed by atoms with E-state index in [0.717, 1.165) is 11.8 Å². The van der Waals surface area contributed by atoms with Crippen LogP contribution >= 0.6 is 24.0 Å². The van der Waals surface area contributed by atoms with Crippen molar-refractivity contribution in [1.29, 1.82) is 0 Å². The van der Waals surface area contributed by atoms with Gasteiger partial charge in [-0.15, -0.1) is 0 Å². The van der Waals surface area contributed by atoms with E-state index in [1.54, 1.807) is 30.3 Å². The van der Waals surface area contributed by atoms with Crippen LogP contribution in [0.4, 0.5) is 14.5 Å². The number of hydrogen-bond acceptors (Lipinski definition) is 4. The molecule has 1 aliphatic heterocycles. The molecule has 0 atom stereocenters. The first-order chi connectivity index (χ1) is 11.6. The molecule has 0 bridgehead atoms. The van der Waals surface area contributed by atoms with Crippen LogP contribution in [0.2, 0.25) is 0 Å². The van der Waals surface area contributed by atoms with Crippen LogP contribution < -0.4 is 9.64 Å². The number of halogens is 2. The molecule has 0 N–H and O–H groups in total. The molecule has 2 aromatic carbocycles. The van der Waals surface area contributed by atoms with E-state index in [2.05, 4.69) is 4.74 Å². The quantitative estimate of drug-likeness (QED) is 0.582. The summed E-state index contributed by atoms with van der Waals surface area (Å²) in [4.78, 5) is 14.4. The first-order valence-electron chi connectivity index (χ1n) is 6.93. The van der Waals surface area contributed by atoms with E-state index in [1.807, 2.05) is 18.2 Å². The molecule has 0 unspecified atom stereocenters. The Morgan fingerprint density at radius 3 is 2.46 bits per heavy atom. The van der Waals surface area contributed by atoms with Crippen LogP contribution in [0.15, 0.2) is 59.5 Å². The van der Waals surface area contributed by atoms with Gasteiger partial charge in [0, 0.05) is 5.56 Å². The van der Waals surface area contributed by atoms with Gasteiger partial charge in [-0.2, -0.15) is 8.78 Å². The third-order valence-corrected chi connectivity index (χ3v) is 4.53. The molecule has 0 aliphatic carbocycles. The van der Waals surface area contributed by atoms with E-state index in [-0.39, 0.29) is 11.7 Å². The zero-order valence-corrected chi connectivity index (χ0v) is 13.8. The van der Waals surface area contributed by atoms with Crippen LogP contribution in [0.25, 0.3) is 6.08 Å². The molecule has 24 heavy (non-hydrogen) atoms. The number of ether oxygens (including phenoxy) is 1. The molecular weight excluding hydrogens is 352 g/mol. The first kappa shape index (κ1) is 16.6. The van der Waals surface area contributed by atoms with E-state index in [4.69, 9.17) is 12.2 Å². The van der Waals surface area contributed by atoms with Gasteiger partial charge in [0.25, 0.3) is 5.91 Å². The molecule has 122 valence electrons. The van der Waals surface area contributed by atoms with Crippen molar-refractivity contribution in [3.05, 3.63) is 65.1 Å². The fourth-order valence-electron chi connectivity index (χ4n) is 2.21. The van der Waals surface area contributed by atoms with Crippen LogP contribution in [-0.4, -0.2) is 16.8 Å². The number of hydrogen-bond donors (Lipinski definition) is 0. The van der Waals surface area contributed by atoms with Crippen LogP contribution in [0.3, 0.4) is 0 Å². The number of carbonyl (C=O) groups excluding carboxylic acids is 1. The van der Waals surface area contributed by atoms with Crippen LogP contribution in [0.1, 0.15) is 5.56 Å². The molecule has 1 fully saturated rings. The van der Waals surface area contributed by atoms with Gasteiger partial charge in [-0.25, -0.2) is 0 Å². The molecule has 1 aliphatic rings. The monoisotopic (exact) mass is 363 g/mol. The molecule has 0 radical (unpaired) electrons. The maximum absolute atomic E-state index is 12.6. The Morgan fingerprint density at radius 2 is 1.75 bits per heavy atom. The van der Waals surface area contributed by atoms with E-state index in [1.165, 1.54) is 17.0 Å². The van der Waals surface area contributed by atoms with Crippen LogP contribution in [0, 0.1) is 0 Å². The summed E-state index contributed by atoms with van der Waals surface area (Å²) in [5.41, 5.74) is 1.06. The average molecular weight is 363 g/mol. The average Bonchev–Trinajstić information content (AvgIpc) is 2.83. The fourth-order valence-corrected chi connectivity index (χ4v) is 3.50. The highest BCUT2D eigenvalue weighted by Gasteiger charge is 2.33. The lowest BCUT2D eigenvalue weighted by Crippen LogP contribution is -2.27. The summed E-state index contributed by atoms with van der Waals surface area (Å²) < 4.78 is 29.9. The second kappa shape index (κ2) is 7.11. The van der Waals surface area contributed by atoms with Gasteiger partial charge in [0.05, 0.1) is 10.6 Å². The Balaban J connectivity index is 1.93. The number of carbonyl (C=O) groups is 1. The molecule has 1 heterocycles. The molecular formula is C17H11F2NO2S2. The Kier molecular flexibility index (Phi) is 4.92. The Bertz CT molecular complexity index is 809. The third-order valence-electron chi connectivity index (χ3n) is 3.23. The van der Waals surface area contributed by atoms with Crippen molar-refractivity contribution in [3.63, 3.8) is 0 Å². The smallest absolute Gasteiger partial charge is 0.387 e. The van der Waals surface area contributed by atoms with Crippen LogP contribution in [0.5, 0.6) is 5.75 Å². The predicted octanol–water partition coefficient (Wildman–Crippen LogP) is 4.69. The predicted molar refractivity (Wildman–Crippen MR) is 95.2 cm³/mol. The molecule has 0 saturated carbocycles. The van der Waals surface area contributed by atoms with Crippen molar-refractivity contribution in [1.82, 2.24) is 0 Å². The van der Waals surface area contributed by atoms with Gasteiger partial charge in [-0.05, 0) is 24.3 Å². The molecule has 7 heteroatoms. The lowest BCUT2D eigenvalue weighted by Gasteiger charge is -2.13. The standard InChI is InChI=1S/C17H11F2NO2S2/c18-16(19)22-13-9-5-4-6-11(13)10-14-15(21)20(17(23)24-14)12-7-2-1-3-8-12/h1-10,16H/b14-10-. The van der Waals surface area contributed by atoms with Gasteiger partial charge in [0.1, 0.15) is 5.75 Å².